The summed E-state index contributed by atoms with van der Waals surface area (Å²) < 4.78 is 26.1. The monoisotopic (exact) mass is 267 g/mol. The van der Waals surface area contributed by atoms with Crippen LogP contribution in [0.1, 0.15) is 17.4 Å². The Morgan fingerprint density at radius 3 is 2.78 bits per heavy atom. The van der Waals surface area contributed by atoms with Crippen LogP contribution in [0.2, 0.25) is 0 Å². The topological polar surface area (TPSA) is 12.0 Å². The number of hydrogen-bond acceptors (Lipinski definition) is 2. The van der Waals surface area contributed by atoms with Crippen molar-refractivity contribution in [1.29, 1.82) is 0 Å². The van der Waals surface area contributed by atoms with Gasteiger partial charge < -0.3 is 5.32 Å². The number of benzene rings is 1. The van der Waals surface area contributed by atoms with E-state index < -0.39 is 11.6 Å². The molecule has 0 bridgehead atoms. The van der Waals surface area contributed by atoms with Gasteiger partial charge >= 0.3 is 0 Å². The van der Waals surface area contributed by atoms with Gasteiger partial charge in [0.25, 0.3) is 0 Å². The van der Waals surface area contributed by atoms with Crippen LogP contribution in [0.15, 0.2) is 35.7 Å². The second-order valence-electron chi connectivity index (χ2n) is 4.30. The molecule has 0 amide bonds. The molecule has 1 unspecified atom stereocenters. The molecule has 1 aromatic heterocycles. The standard InChI is InChI=1S/C14H15F2NS/c1-10(7-13-3-2-6-18-13)17-9-11-4-5-12(15)8-14(11)16/h2-6,8,10,17H,7,9H2,1H3. The number of rotatable bonds is 5. The fourth-order valence-corrected chi connectivity index (χ4v) is 2.59. The highest BCUT2D eigenvalue weighted by Gasteiger charge is 2.07. The molecule has 0 spiro atoms. The molecule has 0 aliphatic carbocycles. The van der Waals surface area contributed by atoms with E-state index in [9.17, 15) is 8.78 Å². The minimum atomic E-state index is -0.539. The second-order valence-corrected chi connectivity index (χ2v) is 5.33. The molecular formula is C14H15F2NS. The van der Waals surface area contributed by atoms with E-state index in [1.807, 2.05) is 11.4 Å². The third kappa shape index (κ3) is 3.62. The molecule has 18 heavy (non-hydrogen) atoms. The summed E-state index contributed by atoms with van der Waals surface area (Å²) in [6.07, 6.45) is 0.917. The van der Waals surface area contributed by atoms with Crippen molar-refractivity contribution in [1.82, 2.24) is 5.32 Å². The molecule has 1 N–H and O–H groups in total. The lowest BCUT2D eigenvalue weighted by atomic mass is 10.1. The zero-order chi connectivity index (χ0) is 13.0. The molecule has 0 saturated heterocycles. The molecule has 0 fully saturated rings. The van der Waals surface area contributed by atoms with Crippen LogP contribution in [0.25, 0.3) is 0 Å². The maximum atomic E-state index is 13.4. The molecule has 0 aliphatic heterocycles. The molecule has 0 aliphatic rings. The third-order valence-corrected chi connectivity index (χ3v) is 3.64. The van der Waals surface area contributed by atoms with Crippen LogP contribution in [-0.4, -0.2) is 6.04 Å². The van der Waals surface area contributed by atoms with Crippen LogP contribution in [-0.2, 0) is 13.0 Å². The highest BCUT2D eigenvalue weighted by atomic mass is 32.1. The summed E-state index contributed by atoms with van der Waals surface area (Å²) in [6.45, 7) is 2.47. The Hall–Kier alpha value is -1.26. The van der Waals surface area contributed by atoms with Gasteiger partial charge in [0.05, 0.1) is 0 Å². The van der Waals surface area contributed by atoms with Crippen molar-refractivity contribution in [2.75, 3.05) is 0 Å². The number of halogens is 2. The van der Waals surface area contributed by atoms with E-state index in [-0.39, 0.29) is 6.04 Å². The van der Waals surface area contributed by atoms with Gasteiger partial charge in [-0.15, -0.1) is 11.3 Å². The molecule has 1 nitrogen and oxygen atoms in total. The summed E-state index contributed by atoms with van der Waals surface area (Å²) in [5, 5.41) is 5.29. The van der Waals surface area contributed by atoms with Crippen molar-refractivity contribution in [3.8, 4) is 0 Å². The van der Waals surface area contributed by atoms with Crippen LogP contribution >= 0.6 is 11.3 Å². The quantitative estimate of drug-likeness (QED) is 0.870. The summed E-state index contributed by atoms with van der Waals surface area (Å²) in [5.74, 6) is -1.03. The Morgan fingerprint density at radius 2 is 2.11 bits per heavy atom. The van der Waals surface area contributed by atoms with Gasteiger partial charge in [-0.25, -0.2) is 8.78 Å². The Bertz CT molecular complexity index is 497. The van der Waals surface area contributed by atoms with Crippen molar-refractivity contribution in [3.63, 3.8) is 0 Å². The normalized spacial score (nSPS) is 12.6. The lowest BCUT2D eigenvalue weighted by molar-refractivity contribution is 0.521. The van der Waals surface area contributed by atoms with Crippen molar-refractivity contribution < 1.29 is 8.78 Å². The minimum absolute atomic E-state index is 0.258. The number of nitrogens with one attached hydrogen (secondary N) is 1. The van der Waals surface area contributed by atoms with E-state index >= 15 is 0 Å². The van der Waals surface area contributed by atoms with E-state index in [4.69, 9.17) is 0 Å². The van der Waals surface area contributed by atoms with Gasteiger partial charge in [-0.3, -0.25) is 0 Å². The average molecular weight is 267 g/mol. The first-order valence-corrected chi connectivity index (χ1v) is 6.73. The van der Waals surface area contributed by atoms with E-state index in [1.54, 1.807) is 11.3 Å². The molecule has 0 radical (unpaired) electrons. The van der Waals surface area contributed by atoms with Crippen LogP contribution in [0.5, 0.6) is 0 Å². The SMILES string of the molecule is CC(Cc1cccs1)NCc1ccc(F)cc1F. The molecular weight excluding hydrogens is 252 g/mol. The predicted molar refractivity (Wildman–Crippen MR) is 70.7 cm³/mol. The lowest BCUT2D eigenvalue weighted by Gasteiger charge is -2.13. The molecule has 2 aromatic rings. The lowest BCUT2D eigenvalue weighted by Crippen LogP contribution is -2.27. The van der Waals surface area contributed by atoms with Gasteiger partial charge in [-0.2, -0.15) is 0 Å². The van der Waals surface area contributed by atoms with Gasteiger partial charge in [-0.1, -0.05) is 12.1 Å². The fraction of sp³-hybridized carbons (Fsp3) is 0.286. The molecule has 1 aromatic carbocycles. The average Bonchev–Trinajstić information content (AvgIpc) is 2.80. The van der Waals surface area contributed by atoms with Crippen molar-refractivity contribution in [2.24, 2.45) is 0 Å². The van der Waals surface area contributed by atoms with Gasteiger partial charge in [-0.05, 0) is 30.9 Å². The van der Waals surface area contributed by atoms with Crippen LogP contribution in [0.3, 0.4) is 0 Å². The van der Waals surface area contributed by atoms with Gasteiger partial charge in [0.2, 0.25) is 0 Å². The minimum Gasteiger partial charge on any atom is -0.310 e. The van der Waals surface area contributed by atoms with E-state index in [1.165, 1.54) is 17.0 Å². The highest BCUT2D eigenvalue weighted by Crippen LogP contribution is 2.12. The second kappa shape index (κ2) is 6.07. The third-order valence-electron chi connectivity index (χ3n) is 2.74. The summed E-state index contributed by atoms with van der Waals surface area (Å²) in [7, 11) is 0. The van der Waals surface area contributed by atoms with Crippen molar-refractivity contribution >= 4 is 11.3 Å². The predicted octanol–water partition coefficient (Wildman–Crippen LogP) is 3.75. The molecule has 0 saturated carbocycles. The van der Waals surface area contributed by atoms with E-state index in [2.05, 4.69) is 18.3 Å². The van der Waals surface area contributed by atoms with Crippen LogP contribution in [0.4, 0.5) is 8.78 Å². The van der Waals surface area contributed by atoms with Crippen LogP contribution < -0.4 is 5.32 Å². The molecule has 1 heterocycles. The van der Waals surface area contributed by atoms with Crippen molar-refractivity contribution in [2.45, 2.75) is 25.9 Å². The molecule has 4 heteroatoms. The Labute approximate surface area is 109 Å². The molecule has 96 valence electrons. The van der Waals surface area contributed by atoms with Gasteiger partial charge in [0, 0.05) is 29.1 Å². The summed E-state index contributed by atoms with van der Waals surface area (Å²) in [5.41, 5.74) is 0.495. The molecule has 2 rings (SSSR count). The van der Waals surface area contributed by atoms with E-state index in [0.717, 1.165) is 12.5 Å². The maximum Gasteiger partial charge on any atom is 0.130 e. The summed E-state index contributed by atoms with van der Waals surface area (Å²) in [4.78, 5) is 1.30. The number of hydrogen-bond donors (Lipinski definition) is 1. The maximum absolute atomic E-state index is 13.4. The van der Waals surface area contributed by atoms with Crippen molar-refractivity contribution in [3.05, 3.63) is 57.8 Å². The van der Waals surface area contributed by atoms with Gasteiger partial charge in [0.15, 0.2) is 0 Å². The Balaban J connectivity index is 1.87. The highest BCUT2D eigenvalue weighted by molar-refractivity contribution is 7.09. The number of thiophene rings is 1. The largest absolute Gasteiger partial charge is 0.310 e. The zero-order valence-corrected chi connectivity index (χ0v) is 10.9. The van der Waals surface area contributed by atoms with E-state index in [0.29, 0.717) is 12.1 Å². The zero-order valence-electron chi connectivity index (χ0n) is 10.1. The smallest absolute Gasteiger partial charge is 0.130 e. The summed E-state index contributed by atoms with van der Waals surface area (Å²) in [6, 6.07) is 8.04. The summed E-state index contributed by atoms with van der Waals surface area (Å²) >= 11 is 1.71. The van der Waals surface area contributed by atoms with Gasteiger partial charge in [0.1, 0.15) is 11.6 Å². The fourth-order valence-electron chi connectivity index (χ4n) is 1.75. The Morgan fingerprint density at radius 1 is 1.28 bits per heavy atom. The Kier molecular flexibility index (Phi) is 4.44. The molecule has 1 atom stereocenters. The van der Waals surface area contributed by atoms with Crippen LogP contribution in [0, 0.1) is 11.6 Å². The first-order chi connectivity index (χ1) is 8.65. The first-order valence-electron chi connectivity index (χ1n) is 5.85. The first kappa shape index (κ1) is 13.2.